The minimum absolute atomic E-state index is 0.0546. The number of hydrogen-bond donors (Lipinski definition) is 2. The van der Waals surface area contributed by atoms with E-state index >= 15 is 0 Å². The minimum atomic E-state index is -1.04. The van der Waals surface area contributed by atoms with Gasteiger partial charge < -0.3 is 14.6 Å². The Bertz CT molecular complexity index is 632. The Morgan fingerprint density at radius 2 is 2.33 bits per heavy atom. The minimum Gasteiger partial charge on any atom is -0.490 e. The highest BCUT2D eigenvalue weighted by molar-refractivity contribution is 5.87. The number of H-pyrrole nitrogens is 1. The summed E-state index contributed by atoms with van der Waals surface area (Å²) in [6, 6.07) is 8.94. The van der Waals surface area contributed by atoms with Crippen LogP contribution in [0, 0.1) is 0 Å². The van der Waals surface area contributed by atoms with Crippen molar-refractivity contribution in [3.05, 3.63) is 36.0 Å². The van der Waals surface area contributed by atoms with Gasteiger partial charge in [-0.25, -0.2) is 4.79 Å². The van der Waals surface area contributed by atoms with Crippen molar-refractivity contribution >= 4 is 5.97 Å². The third-order valence-corrected chi connectivity index (χ3v) is 3.42. The normalized spacial score (nSPS) is 17.8. The lowest BCUT2D eigenvalue weighted by Gasteiger charge is -2.13. The highest BCUT2D eigenvalue weighted by atomic mass is 16.5. The molecule has 110 valence electrons. The van der Waals surface area contributed by atoms with Gasteiger partial charge in [-0.1, -0.05) is 12.1 Å². The van der Waals surface area contributed by atoms with Gasteiger partial charge in [-0.2, -0.15) is 5.10 Å². The van der Waals surface area contributed by atoms with Crippen LogP contribution in [0.25, 0.3) is 11.3 Å². The Kier molecular flexibility index (Phi) is 3.87. The monoisotopic (exact) mass is 288 g/mol. The second kappa shape index (κ2) is 5.97. The Balaban J connectivity index is 1.79. The average Bonchev–Trinajstić information content (AvgIpc) is 3.17. The molecular formula is C15H16N2O4. The molecule has 6 heteroatoms. The largest absolute Gasteiger partial charge is 0.490 e. The summed E-state index contributed by atoms with van der Waals surface area (Å²) >= 11 is 0. The molecule has 0 aliphatic carbocycles. The number of ether oxygens (including phenoxy) is 2. The van der Waals surface area contributed by atoms with Crippen LogP contribution in [0.4, 0.5) is 0 Å². The fourth-order valence-corrected chi connectivity index (χ4v) is 2.33. The van der Waals surface area contributed by atoms with Crippen molar-refractivity contribution in [2.45, 2.75) is 18.9 Å². The topological polar surface area (TPSA) is 84.4 Å². The number of nitrogens with zero attached hydrogens (tertiary/aromatic N) is 1. The van der Waals surface area contributed by atoms with Crippen LogP contribution >= 0.6 is 0 Å². The third kappa shape index (κ3) is 3.05. The number of carboxylic acids is 1. The summed E-state index contributed by atoms with van der Waals surface area (Å²) in [4.78, 5) is 10.9. The van der Waals surface area contributed by atoms with Crippen LogP contribution in [-0.4, -0.2) is 40.6 Å². The molecule has 2 aromatic rings. The SMILES string of the molecule is O=C(O)c1cc(-c2ccccc2OCC2CCCO2)n[nH]1. The molecule has 0 bridgehead atoms. The Hall–Kier alpha value is -2.34. The maximum absolute atomic E-state index is 10.9. The number of benzene rings is 1. The first-order chi connectivity index (χ1) is 10.2. The van der Waals surface area contributed by atoms with Gasteiger partial charge in [0, 0.05) is 12.2 Å². The molecule has 1 aromatic heterocycles. The number of para-hydroxylation sites is 1. The summed E-state index contributed by atoms with van der Waals surface area (Å²) < 4.78 is 11.4. The van der Waals surface area contributed by atoms with E-state index in [1.807, 2.05) is 24.3 Å². The van der Waals surface area contributed by atoms with E-state index in [-0.39, 0.29) is 11.8 Å². The zero-order chi connectivity index (χ0) is 14.7. The first kappa shape index (κ1) is 13.6. The molecule has 1 aromatic carbocycles. The van der Waals surface area contributed by atoms with Crippen molar-refractivity contribution in [1.29, 1.82) is 0 Å². The van der Waals surface area contributed by atoms with Crippen molar-refractivity contribution in [2.75, 3.05) is 13.2 Å². The lowest BCUT2D eigenvalue weighted by atomic mass is 10.1. The first-order valence-corrected chi connectivity index (χ1v) is 6.86. The zero-order valence-electron chi connectivity index (χ0n) is 11.4. The van der Waals surface area contributed by atoms with Gasteiger partial charge in [-0.15, -0.1) is 0 Å². The van der Waals surface area contributed by atoms with Crippen LogP contribution < -0.4 is 4.74 Å². The summed E-state index contributed by atoms with van der Waals surface area (Å²) in [5, 5.41) is 15.5. The molecule has 1 saturated heterocycles. The lowest BCUT2D eigenvalue weighted by molar-refractivity contribution is 0.0681. The van der Waals surface area contributed by atoms with E-state index in [9.17, 15) is 4.79 Å². The maximum Gasteiger partial charge on any atom is 0.353 e. The van der Waals surface area contributed by atoms with Crippen molar-refractivity contribution in [2.24, 2.45) is 0 Å². The molecule has 1 fully saturated rings. The van der Waals surface area contributed by atoms with Gasteiger partial charge in [0.1, 0.15) is 18.1 Å². The molecule has 1 atom stereocenters. The number of hydrogen-bond acceptors (Lipinski definition) is 4. The molecule has 0 spiro atoms. The smallest absolute Gasteiger partial charge is 0.353 e. The van der Waals surface area contributed by atoms with Crippen LogP contribution in [0.1, 0.15) is 23.3 Å². The van der Waals surface area contributed by atoms with Gasteiger partial charge in [-0.05, 0) is 31.0 Å². The summed E-state index contributed by atoms with van der Waals surface area (Å²) in [5.41, 5.74) is 1.37. The molecule has 2 N–H and O–H groups in total. The van der Waals surface area contributed by atoms with E-state index in [2.05, 4.69) is 10.2 Å². The Labute approximate surface area is 121 Å². The quantitative estimate of drug-likeness (QED) is 0.882. The summed E-state index contributed by atoms with van der Waals surface area (Å²) in [6.45, 7) is 1.28. The maximum atomic E-state index is 10.9. The van der Waals surface area contributed by atoms with Crippen LogP contribution in [0.15, 0.2) is 30.3 Å². The van der Waals surface area contributed by atoms with Gasteiger partial charge in [0.2, 0.25) is 0 Å². The standard InChI is InChI=1S/C15H16N2O4/c18-15(19)13-8-12(16-17-13)11-5-1-2-6-14(11)21-9-10-4-3-7-20-10/h1-2,5-6,8,10H,3-4,7,9H2,(H,16,17)(H,18,19). The lowest BCUT2D eigenvalue weighted by Crippen LogP contribution is -2.16. The molecule has 0 amide bonds. The number of aromatic nitrogens is 2. The van der Waals surface area contributed by atoms with E-state index in [4.69, 9.17) is 14.6 Å². The number of nitrogens with one attached hydrogen (secondary N) is 1. The summed E-state index contributed by atoms with van der Waals surface area (Å²) in [7, 11) is 0. The van der Waals surface area contributed by atoms with Crippen molar-refractivity contribution in [1.82, 2.24) is 10.2 Å². The van der Waals surface area contributed by atoms with Crippen molar-refractivity contribution in [3.8, 4) is 17.0 Å². The molecule has 2 heterocycles. The highest BCUT2D eigenvalue weighted by Gasteiger charge is 2.18. The van der Waals surface area contributed by atoms with E-state index in [0.717, 1.165) is 25.0 Å². The summed E-state index contributed by atoms with van der Waals surface area (Å²) in [5.74, 6) is -0.358. The van der Waals surface area contributed by atoms with Gasteiger partial charge >= 0.3 is 5.97 Å². The molecular weight excluding hydrogens is 272 g/mol. The highest BCUT2D eigenvalue weighted by Crippen LogP contribution is 2.29. The molecule has 1 aliphatic heterocycles. The zero-order valence-corrected chi connectivity index (χ0v) is 11.4. The van der Waals surface area contributed by atoms with E-state index in [1.165, 1.54) is 6.07 Å². The van der Waals surface area contributed by atoms with E-state index < -0.39 is 5.97 Å². The molecule has 21 heavy (non-hydrogen) atoms. The predicted octanol–water partition coefficient (Wildman–Crippen LogP) is 2.33. The van der Waals surface area contributed by atoms with Crippen LogP contribution in [0.5, 0.6) is 5.75 Å². The average molecular weight is 288 g/mol. The first-order valence-electron chi connectivity index (χ1n) is 6.86. The number of carboxylic acid groups (broad SMARTS) is 1. The van der Waals surface area contributed by atoms with Gasteiger partial charge in [-0.3, -0.25) is 5.10 Å². The molecule has 1 aliphatic rings. The van der Waals surface area contributed by atoms with E-state index in [1.54, 1.807) is 0 Å². The van der Waals surface area contributed by atoms with Crippen LogP contribution in [-0.2, 0) is 4.74 Å². The number of aromatic carboxylic acids is 1. The van der Waals surface area contributed by atoms with Crippen molar-refractivity contribution in [3.63, 3.8) is 0 Å². The van der Waals surface area contributed by atoms with Gasteiger partial charge in [0.15, 0.2) is 0 Å². The fraction of sp³-hybridized carbons (Fsp3) is 0.333. The second-order valence-corrected chi connectivity index (χ2v) is 4.91. The number of carbonyl (C=O) groups is 1. The second-order valence-electron chi connectivity index (χ2n) is 4.91. The van der Waals surface area contributed by atoms with Crippen LogP contribution in [0.2, 0.25) is 0 Å². The molecule has 0 saturated carbocycles. The molecule has 0 radical (unpaired) electrons. The van der Waals surface area contributed by atoms with Crippen LogP contribution in [0.3, 0.4) is 0 Å². The molecule has 6 nitrogen and oxygen atoms in total. The fourth-order valence-electron chi connectivity index (χ4n) is 2.33. The Morgan fingerprint density at radius 1 is 1.48 bits per heavy atom. The van der Waals surface area contributed by atoms with Crippen molar-refractivity contribution < 1.29 is 19.4 Å². The summed E-state index contributed by atoms with van der Waals surface area (Å²) in [6.07, 6.45) is 2.21. The van der Waals surface area contributed by atoms with E-state index in [0.29, 0.717) is 18.1 Å². The molecule has 3 rings (SSSR count). The third-order valence-electron chi connectivity index (χ3n) is 3.42. The van der Waals surface area contributed by atoms with Gasteiger partial charge in [0.25, 0.3) is 0 Å². The number of rotatable bonds is 5. The number of aromatic amines is 1. The molecule has 1 unspecified atom stereocenters. The Morgan fingerprint density at radius 3 is 3.05 bits per heavy atom. The predicted molar refractivity (Wildman–Crippen MR) is 75.5 cm³/mol. The van der Waals surface area contributed by atoms with Gasteiger partial charge in [0.05, 0.1) is 11.8 Å².